The van der Waals surface area contributed by atoms with Crippen molar-refractivity contribution in [3.63, 3.8) is 0 Å². The molecule has 18 heavy (non-hydrogen) atoms. The van der Waals surface area contributed by atoms with Crippen molar-refractivity contribution >= 4 is 17.2 Å². The molecule has 0 radical (unpaired) electrons. The summed E-state index contributed by atoms with van der Waals surface area (Å²) in [7, 11) is 2.03. The van der Waals surface area contributed by atoms with Crippen LogP contribution in [-0.4, -0.2) is 12.0 Å². The number of aromatic nitrogens is 1. The van der Waals surface area contributed by atoms with Crippen molar-refractivity contribution in [2.45, 2.75) is 13.8 Å². The zero-order valence-electron chi connectivity index (χ0n) is 10.9. The van der Waals surface area contributed by atoms with Crippen LogP contribution in [0.1, 0.15) is 11.1 Å². The Morgan fingerprint density at radius 3 is 2.33 bits per heavy atom. The van der Waals surface area contributed by atoms with E-state index in [2.05, 4.69) is 47.4 Å². The molecular weight excluding hydrogens is 224 g/mol. The summed E-state index contributed by atoms with van der Waals surface area (Å²) in [5, 5.41) is 0. The number of anilines is 3. The largest absolute Gasteiger partial charge is 0.344 e. The molecule has 0 aliphatic heterocycles. The molecule has 4 nitrogen and oxygen atoms in total. The Morgan fingerprint density at radius 1 is 1.06 bits per heavy atom. The Hall–Kier alpha value is -2.07. The van der Waals surface area contributed by atoms with Crippen molar-refractivity contribution in [1.29, 1.82) is 0 Å². The number of nitrogens with one attached hydrogen (secondary N) is 1. The molecule has 0 aliphatic rings. The van der Waals surface area contributed by atoms with Gasteiger partial charge in [0.05, 0.1) is 0 Å². The Balaban J connectivity index is 2.37. The maximum Gasteiger partial charge on any atom is 0.141 e. The van der Waals surface area contributed by atoms with Crippen LogP contribution < -0.4 is 16.2 Å². The minimum Gasteiger partial charge on any atom is -0.344 e. The number of benzene rings is 1. The average molecular weight is 242 g/mol. The Bertz CT molecular complexity index is 531. The fourth-order valence-corrected chi connectivity index (χ4v) is 2.00. The van der Waals surface area contributed by atoms with E-state index in [-0.39, 0.29) is 0 Å². The summed E-state index contributed by atoms with van der Waals surface area (Å²) in [6.45, 7) is 4.20. The summed E-state index contributed by atoms with van der Waals surface area (Å²) < 4.78 is 0. The van der Waals surface area contributed by atoms with Crippen molar-refractivity contribution in [1.82, 2.24) is 4.98 Å². The SMILES string of the molecule is Cc1cc(C)cc(N(C)c2ccnc(NN)c2)c1. The summed E-state index contributed by atoms with van der Waals surface area (Å²) >= 11 is 0. The predicted molar refractivity (Wildman–Crippen MR) is 76.0 cm³/mol. The van der Waals surface area contributed by atoms with Gasteiger partial charge >= 0.3 is 0 Å². The molecule has 0 unspecified atom stereocenters. The van der Waals surface area contributed by atoms with E-state index in [1.54, 1.807) is 6.20 Å². The zero-order valence-corrected chi connectivity index (χ0v) is 10.9. The van der Waals surface area contributed by atoms with Crippen molar-refractivity contribution < 1.29 is 0 Å². The number of hydrazine groups is 1. The average Bonchev–Trinajstić information content (AvgIpc) is 2.37. The maximum absolute atomic E-state index is 5.37. The van der Waals surface area contributed by atoms with Gasteiger partial charge in [-0.3, -0.25) is 0 Å². The van der Waals surface area contributed by atoms with Crippen LogP contribution in [0.15, 0.2) is 36.5 Å². The van der Waals surface area contributed by atoms with Crippen molar-refractivity contribution in [3.8, 4) is 0 Å². The number of aryl methyl sites for hydroxylation is 2. The van der Waals surface area contributed by atoms with Crippen LogP contribution in [0.5, 0.6) is 0 Å². The van der Waals surface area contributed by atoms with Crippen molar-refractivity contribution in [2.75, 3.05) is 17.4 Å². The highest BCUT2D eigenvalue weighted by atomic mass is 15.2. The quantitative estimate of drug-likeness (QED) is 0.642. The van der Waals surface area contributed by atoms with Gasteiger partial charge < -0.3 is 10.3 Å². The van der Waals surface area contributed by atoms with Gasteiger partial charge in [-0.25, -0.2) is 10.8 Å². The molecule has 0 saturated carbocycles. The molecule has 0 saturated heterocycles. The molecule has 0 bridgehead atoms. The number of hydrogen-bond donors (Lipinski definition) is 2. The van der Waals surface area contributed by atoms with Crippen LogP contribution in [0.2, 0.25) is 0 Å². The van der Waals surface area contributed by atoms with Gasteiger partial charge in [0.15, 0.2) is 0 Å². The van der Waals surface area contributed by atoms with E-state index in [1.165, 1.54) is 11.1 Å². The van der Waals surface area contributed by atoms with Crippen LogP contribution in [0.3, 0.4) is 0 Å². The van der Waals surface area contributed by atoms with Gasteiger partial charge in [0.25, 0.3) is 0 Å². The molecule has 0 spiro atoms. The molecule has 0 aliphatic carbocycles. The summed E-state index contributed by atoms with van der Waals surface area (Å²) in [6, 6.07) is 10.3. The molecule has 1 aromatic heterocycles. The lowest BCUT2D eigenvalue weighted by molar-refractivity contribution is 1.16. The van der Waals surface area contributed by atoms with Crippen LogP contribution in [0, 0.1) is 13.8 Å². The fourth-order valence-electron chi connectivity index (χ4n) is 2.00. The second-order valence-electron chi connectivity index (χ2n) is 4.45. The summed E-state index contributed by atoms with van der Waals surface area (Å²) in [4.78, 5) is 6.22. The van der Waals surface area contributed by atoms with Crippen LogP contribution in [0.25, 0.3) is 0 Å². The summed E-state index contributed by atoms with van der Waals surface area (Å²) in [5.74, 6) is 6.03. The van der Waals surface area contributed by atoms with Gasteiger partial charge in [0.2, 0.25) is 0 Å². The van der Waals surface area contributed by atoms with E-state index in [0.29, 0.717) is 5.82 Å². The summed E-state index contributed by atoms with van der Waals surface area (Å²) in [6.07, 6.45) is 1.74. The van der Waals surface area contributed by atoms with Crippen molar-refractivity contribution in [2.24, 2.45) is 5.84 Å². The molecule has 1 aromatic carbocycles. The highest BCUT2D eigenvalue weighted by molar-refractivity contribution is 5.65. The van der Waals surface area contributed by atoms with E-state index in [9.17, 15) is 0 Å². The monoisotopic (exact) mass is 242 g/mol. The number of pyridine rings is 1. The first-order chi connectivity index (χ1) is 8.60. The fraction of sp³-hybridized carbons (Fsp3) is 0.214. The lowest BCUT2D eigenvalue weighted by Gasteiger charge is -2.21. The van der Waals surface area contributed by atoms with Gasteiger partial charge in [-0.15, -0.1) is 0 Å². The standard InChI is InChI=1S/C14H18N4/c1-10-6-11(2)8-13(7-10)18(3)12-4-5-16-14(9-12)17-15/h4-9H,15H2,1-3H3,(H,16,17). The second-order valence-corrected chi connectivity index (χ2v) is 4.45. The molecule has 94 valence electrons. The van der Waals surface area contributed by atoms with E-state index in [1.807, 2.05) is 19.2 Å². The Morgan fingerprint density at radius 2 is 1.72 bits per heavy atom. The first kappa shape index (κ1) is 12.4. The van der Waals surface area contributed by atoms with Crippen LogP contribution in [-0.2, 0) is 0 Å². The molecule has 1 heterocycles. The first-order valence-electron chi connectivity index (χ1n) is 5.85. The molecule has 2 aromatic rings. The maximum atomic E-state index is 5.37. The van der Waals surface area contributed by atoms with Gasteiger partial charge in [0.1, 0.15) is 5.82 Å². The predicted octanol–water partition coefficient (Wildman–Crippen LogP) is 2.75. The molecule has 0 atom stereocenters. The topological polar surface area (TPSA) is 54.2 Å². The van der Waals surface area contributed by atoms with Crippen molar-refractivity contribution in [3.05, 3.63) is 47.7 Å². The highest BCUT2D eigenvalue weighted by Gasteiger charge is 2.06. The van der Waals surface area contributed by atoms with E-state index in [0.717, 1.165) is 11.4 Å². The molecular formula is C14H18N4. The van der Waals surface area contributed by atoms with E-state index in [4.69, 9.17) is 5.84 Å². The second kappa shape index (κ2) is 5.06. The highest BCUT2D eigenvalue weighted by Crippen LogP contribution is 2.26. The third kappa shape index (κ3) is 2.60. The van der Waals surface area contributed by atoms with Gasteiger partial charge in [-0.2, -0.15) is 0 Å². The van der Waals surface area contributed by atoms with E-state index < -0.39 is 0 Å². The van der Waals surface area contributed by atoms with Gasteiger partial charge in [0, 0.05) is 30.7 Å². The van der Waals surface area contributed by atoms with Gasteiger partial charge in [-0.1, -0.05) is 6.07 Å². The third-order valence-corrected chi connectivity index (χ3v) is 2.87. The molecule has 4 heteroatoms. The first-order valence-corrected chi connectivity index (χ1v) is 5.85. The minimum absolute atomic E-state index is 0.656. The molecule has 0 amide bonds. The lowest BCUT2D eigenvalue weighted by Crippen LogP contribution is -2.12. The number of nitrogen functional groups attached to an aromatic ring is 1. The van der Waals surface area contributed by atoms with Crippen LogP contribution in [0.4, 0.5) is 17.2 Å². The smallest absolute Gasteiger partial charge is 0.141 e. The van der Waals surface area contributed by atoms with Gasteiger partial charge in [-0.05, 0) is 43.2 Å². The number of rotatable bonds is 3. The van der Waals surface area contributed by atoms with E-state index >= 15 is 0 Å². The lowest BCUT2D eigenvalue weighted by atomic mass is 10.1. The minimum atomic E-state index is 0.656. The Labute approximate surface area is 107 Å². The Kier molecular flexibility index (Phi) is 3.48. The molecule has 3 N–H and O–H groups in total. The number of nitrogens with zero attached hydrogens (tertiary/aromatic N) is 2. The molecule has 2 rings (SSSR count). The zero-order chi connectivity index (χ0) is 13.1. The number of nitrogens with two attached hydrogens (primary N) is 1. The molecule has 0 fully saturated rings. The van der Waals surface area contributed by atoms with Crippen LogP contribution >= 0.6 is 0 Å². The third-order valence-electron chi connectivity index (χ3n) is 2.87. The normalized spacial score (nSPS) is 10.2. The summed E-state index contributed by atoms with van der Waals surface area (Å²) in [5.41, 5.74) is 7.26. The number of hydrogen-bond acceptors (Lipinski definition) is 4.